The average molecular weight is 735 g/mol. The fourth-order valence-electron chi connectivity index (χ4n) is 6.77. The van der Waals surface area contributed by atoms with Crippen molar-refractivity contribution in [3.8, 4) is 22.1 Å². The predicted molar refractivity (Wildman–Crippen MR) is 194 cm³/mol. The lowest BCUT2D eigenvalue weighted by Crippen LogP contribution is -2.43. The van der Waals surface area contributed by atoms with Crippen LogP contribution in [-0.2, 0) is 24.4 Å². The first-order chi connectivity index (χ1) is 24.6. The van der Waals surface area contributed by atoms with Crippen LogP contribution in [-0.4, -0.2) is 67.1 Å². The number of furan rings is 1. The minimum Gasteiger partial charge on any atom is -0.497 e. The summed E-state index contributed by atoms with van der Waals surface area (Å²) in [4.78, 5) is 45.5. The number of rotatable bonds is 16. The second kappa shape index (κ2) is 14.7. The molecule has 3 aliphatic rings. The van der Waals surface area contributed by atoms with Crippen LogP contribution in [0.25, 0.3) is 32.6 Å². The van der Waals surface area contributed by atoms with Crippen LogP contribution >= 0.6 is 11.3 Å². The molecule has 0 bridgehead atoms. The van der Waals surface area contributed by atoms with Gasteiger partial charge in [-0.25, -0.2) is 13.4 Å². The summed E-state index contributed by atoms with van der Waals surface area (Å²) in [5.74, 6) is -0.0936. The topological polar surface area (TPSA) is 171 Å². The SMILES string of the molecule is COc1ccc2c(c1)oc1c(O[C@@H]3C[C@@H](C(N)=O)N(C(=O)CCCCCC/C=C\[C@@H]4C[C@@H]4C(=O)NS(=O)(=O)C4CC4)C3)cc(-c3cccs3)nc12. The molecule has 4 aromatic rings. The molecule has 4 heterocycles. The van der Waals surface area contributed by atoms with Crippen molar-refractivity contribution in [3.63, 3.8) is 0 Å². The number of nitrogens with two attached hydrogens (primary N) is 1. The number of hydrogen-bond donors (Lipinski definition) is 2. The second-order valence-electron chi connectivity index (χ2n) is 13.7. The predicted octanol–water partition coefficient (Wildman–Crippen LogP) is 5.69. The zero-order valence-electron chi connectivity index (χ0n) is 28.4. The molecule has 1 saturated heterocycles. The quantitative estimate of drug-likeness (QED) is 0.108. The highest BCUT2D eigenvalue weighted by atomic mass is 32.2. The third-order valence-corrected chi connectivity index (χ3v) is 12.6. The Morgan fingerprint density at radius 1 is 1.12 bits per heavy atom. The standard InChI is InChI=1S/C37H42N4O8S2/c1-47-23-12-15-26-30(19-23)49-35-31(20-28(39-34(26)35)32-10-8-16-50-32)48-24-18-29(36(38)43)41(21-24)33(42)11-7-5-3-2-4-6-9-22-17-27(22)37(44)40-51(45,46)25-13-14-25/h6,8-10,12,15-16,19-20,22,24-25,27,29H,2-5,7,11,13-14,17-18,21H2,1H3,(H2,38,43)(H,40,44)/b9-6-/t22-,24-,27+,29+/m1/s1. The van der Waals surface area contributed by atoms with Crippen LogP contribution < -0.4 is 19.9 Å². The Labute approximate surface area is 300 Å². The van der Waals surface area contributed by atoms with Crippen LogP contribution in [0.1, 0.15) is 64.2 Å². The Bertz CT molecular complexity index is 2070. The molecule has 1 aliphatic heterocycles. The largest absolute Gasteiger partial charge is 0.497 e. The summed E-state index contributed by atoms with van der Waals surface area (Å²) in [6.07, 6.45) is 10.4. The van der Waals surface area contributed by atoms with Crippen molar-refractivity contribution >= 4 is 61.2 Å². The van der Waals surface area contributed by atoms with Gasteiger partial charge in [-0.05, 0) is 68.0 Å². The number of thiophene rings is 1. The molecule has 4 atom stereocenters. The highest BCUT2D eigenvalue weighted by molar-refractivity contribution is 7.90. The van der Waals surface area contributed by atoms with E-state index in [2.05, 4.69) is 10.8 Å². The molecule has 270 valence electrons. The van der Waals surface area contributed by atoms with E-state index in [0.29, 0.717) is 60.3 Å². The van der Waals surface area contributed by atoms with Crippen molar-refractivity contribution in [2.24, 2.45) is 17.6 Å². The van der Waals surface area contributed by atoms with Crippen LogP contribution in [0, 0.1) is 11.8 Å². The summed E-state index contributed by atoms with van der Waals surface area (Å²) < 4.78 is 44.3. The first-order valence-corrected chi connectivity index (χ1v) is 20.0. The molecule has 2 aliphatic carbocycles. The normalized spacial score (nSPS) is 21.8. The van der Waals surface area contributed by atoms with E-state index in [0.717, 1.165) is 41.6 Å². The lowest BCUT2D eigenvalue weighted by atomic mass is 10.1. The second-order valence-corrected chi connectivity index (χ2v) is 16.6. The van der Waals surface area contributed by atoms with E-state index in [1.807, 2.05) is 41.8 Å². The fraction of sp³-hybridized carbons (Fsp3) is 0.459. The number of hydrogen-bond acceptors (Lipinski definition) is 10. The molecule has 2 saturated carbocycles. The first-order valence-electron chi connectivity index (χ1n) is 17.5. The van der Waals surface area contributed by atoms with Crippen molar-refractivity contribution < 1.29 is 36.7 Å². The highest BCUT2D eigenvalue weighted by Crippen LogP contribution is 2.41. The maximum Gasteiger partial charge on any atom is 0.240 e. The summed E-state index contributed by atoms with van der Waals surface area (Å²) in [5, 5.41) is 2.40. The van der Waals surface area contributed by atoms with E-state index in [4.69, 9.17) is 24.6 Å². The van der Waals surface area contributed by atoms with E-state index in [9.17, 15) is 22.8 Å². The van der Waals surface area contributed by atoms with Crippen LogP contribution in [0.2, 0.25) is 0 Å². The van der Waals surface area contributed by atoms with Crippen molar-refractivity contribution in [2.45, 2.75) is 81.6 Å². The van der Waals surface area contributed by atoms with E-state index in [1.54, 1.807) is 29.4 Å². The number of carbonyl (C=O) groups excluding carboxylic acids is 3. The number of amides is 3. The molecule has 3 N–H and O–H groups in total. The van der Waals surface area contributed by atoms with Crippen LogP contribution in [0.3, 0.4) is 0 Å². The minimum atomic E-state index is -3.50. The lowest BCUT2D eigenvalue weighted by Gasteiger charge is -2.22. The number of primary amides is 1. The number of sulfonamides is 1. The number of nitrogens with zero attached hydrogens (tertiary/aromatic N) is 2. The van der Waals surface area contributed by atoms with Gasteiger partial charge >= 0.3 is 0 Å². The van der Waals surface area contributed by atoms with Gasteiger partial charge in [0.15, 0.2) is 11.3 Å². The minimum absolute atomic E-state index is 0.0962. The van der Waals surface area contributed by atoms with Crippen molar-refractivity contribution in [1.29, 1.82) is 0 Å². The number of pyridine rings is 1. The van der Waals surface area contributed by atoms with Gasteiger partial charge in [-0.2, -0.15) is 0 Å². The number of allylic oxidation sites excluding steroid dienone is 2. The van der Waals surface area contributed by atoms with Crippen LogP contribution in [0.15, 0.2) is 58.3 Å². The number of ether oxygens (including phenoxy) is 2. The van der Waals surface area contributed by atoms with Gasteiger partial charge in [0, 0.05) is 36.3 Å². The Morgan fingerprint density at radius 2 is 1.94 bits per heavy atom. The van der Waals surface area contributed by atoms with E-state index >= 15 is 0 Å². The average Bonchev–Trinajstić information content (AvgIpc) is 3.96. The molecule has 3 fully saturated rings. The van der Waals surface area contributed by atoms with E-state index in [-0.39, 0.29) is 36.6 Å². The van der Waals surface area contributed by atoms with Crippen molar-refractivity contribution in [2.75, 3.05) is 13.7 Å². The lowest BCUT2D eigenvalue weighted by molar-refractivity contribution is -0.137. The number of benzene rings is 1. The molecule has 0 unspecified atom stereocenters. The van der Waals surface area contributed by atoms with Gasteiger partial charge in [-0.1, -0.05) is 31.1 Å². The molecular weight excluding hydrogens is 693 g/mol. The summed E-state index contributed by atoms with van der Waals surface area (Å²) in [5.41, 5.74) is 8.25. The molecule has 3 aromatic heterocycles. The molecule has 7 rings (SSSR count). The van der Waals surface area contributed by atoms with Gasteiger partial charge in [-0.3, -0.25) is 19.1 Å². The Morgan fingerprint density at radius 3 is 2.69 bits per heavy atom. The highest BCUT2D eigenvalue weighted by Gasteiger charge is 2.45. The Hall–Kier alpha value is -4.43. The Balaban J connectivity index is 0.906. The smallest absolute Gasteiger partial charge is 0.240 e. The third kappa shape index (κ3) is 7.91. The number of methoxy groups -OCH3 is 1. The zero-order valence-corrected chi connectivity index (χ0v) is 30.0. The van der Waals surface area contributed by atoms with E-state index in [1.165, 1.54) is 0 Å². The van der Waals surface area contributed by atoms with Crippen LogP contribution in [0.4, 0.5) is 0 Å². The molecule has 12 nitrogen and oxygen atoms in total. The molecule has 1 aromatic carbocycles. The molecule has 3 amide bonds. The van der Waals surface area contributed by atoms with Crippen molar-refractivity contribution in [3.05, 3.63) is 53.9 Å². The first kappa shape index (κ1) is 35.0. The number of fused-ring (bicyclic) bond motifs is 3. The number of nitrogens with one attached hydrogen (secondary N) is 1. The monoisotopic (exact) mass is 734 g/mol. The van der Waals surface area contributed by atoms with Gasteiger partial charge in [0.1, 0.15) is 29.0 Å². The summed E-state index contributed by atoms with van der Waals surface area (Å²) >= 11 is 1.57. The van der Waals surface area contributed by atoms with E-state index < -0.39 is 33.3 Å². The van der Waals surface area contributed by atoms with Crippen molar-refractivity contribution in [1.82, 2.24) is 14.6 Å². The molecule has 0 spiro atoms. The summed E-state index contributed by atoms with van der Waals surface area (Å²) in [6, 6.07) is 10.6. The Kier molecular flexibility index (Phi) is 10.1. The molecule has 14 heteroatoms. The summed E-state index contributed by atoms with van der Waals surface area (Å²) in [6.45, 7) is 0.232. The van der Waals surface area contributed by atoms with Crippen LogP contribution in [0.5, 0.6) is 11.5 Å². The number of likely N-dealkylation sites (tertiary alicyclic amines) is 1. The summed E-state index contributed by atoms with van der Waals surface area (Å²) in [7, 11) is -1.90. The third-order valence-electron chi connectivity index (χ3n) is 9.85. The number of unbranched alkanes of at least 4 members (excludes halogenated alkanes) is 4. The van der Waals surface area contributed by atoms with Gasteiger partial charge in [0.2, 0.25) is 27.7 Å². The molecule has 51 heavy (non-hydrogen) atoms. The van der Waals surface area contributed by atoms with Gasteiger partial charge in [0.25, 0.3) is 0 Å². The maximum absolute atomic E-state index is 13.3. The fourth-order valence-corrected chi connectivity index (χ4v) is 8.81. The zero-order chi connectivity index (χ0) is 35.7. The maximum atomic E-state index is 13.3. The van der Waals surface area contributed by atoms with Gasteiger partial charge in [0.05, 0.1) is 29.5 Å². The molecule has 0 radical (unpaired) electrons. The molecular formula is C37H42N4O8S2. The van der Waals surface area contributed by atoms with Gasteiger partial charge in [-0.15, -0.1) is 11.3 Å². The number of aromatic nitrogens is 1. The number of carbonyl (C=O) groups is 3. The van der Waals surface area contributed by atoms with Gasteiger partial charge < -0.3 is 24.5 Å².